The summed E-state index contributed by atoms with van der Waals surface area (Å²) in [7, 11) is 0. The molecule has 0 spiro atoms. The Bertz CT molecular complexity index is 266. The first-order valence-electron chi connectivity index (χ1n) is 4.84. The summed E-state index contributed by atoms with van der Waals surface area (Å²) < 4.78 is 25.8. The molecule has 0 N–H and O–H groups in total. The van der Waals surface area contributed by atoms with Gasteiger partial charge < -0.3 is 0 Å². The molecule has 0 amide bonds. The summed E-state index contributed by atoms with van der Waals surface area (Å²) in [6, 6.07) is 0. The third-order valence-corrected chi connectivity index (χ3v) is 3.71. The van der Waals surface area contributed by atoms with Crippen LogP contribution in [-0.2, 0) is 0 Å². The quantitative estimate of drug-likeness (QED) is 0.682. The van der Waals surface area contributed by atoms with Gasteiger partial charge >= 0.3 is 0 Å². The van der Waals surface area contributed by atoms with Gasteiger partial charge in [0.05, 0.1) is 0 Å². The van der Waals surface area contributed by atoms with Crippen molar-refractivity contribution in [3.8, 4) is 0 Å². The van der Waals surface area contributed by atoms with Crippen LogP contribution in [0.3, 0.4) is 0 Å². The summed E-state index contributed by atoms with van der Waals surface area (Å²) in [5.41, 5.74) is 0.950. The van der Waals surface area contributed by atoms with E-state index < -0.39 is 6.17 Å². The first-order chi connectivity index (χ1) is 6.50. The summed E-state index contributed by atoms with van der Waals surface area (Å²) >= 11 is 1.51. The van der Waals surface area contributed by atoms with E-state index in [1.807, 2.05) is 13.8 Å². The average molecular weight is 218 g/mol. The smallest absolute Gasteiger partial charge is 0.107 e. The van der Waals surface area contributed by atoms with Crippen molar-refractivity contribution < 1.29 is 8.78 Å². The van der Waals surface area contributed by atoms with Crippen molar-refractivity contribution in [3.05, 3.63) is 22.4 Å². The molecule has 0 saturated carbocycles. The zero-order valence-electron chi connectivity index (χ0n) is 8.81. The van der Waals surface area contributed by atoms with Crippen LogP contribution in [0.25, 0.3) is 0 Å². The molecule has 0 bridgehead atoms. The third-order valence-electron chi connectivity index (χ3n) is 2.24. The summed E-state index contributed by atoms with van der Waals surface area (Å²) in [4.78, 5) is 1.13. The summed E-state index contributed by atoms with van der Waals surface area (Å²) in [6.45, 7) is 5.29. The number of hydrogen-bond donors (Lipinski definition) is 0. The minimum absolute atomic E-state index is 0.0453. The molecule has 0 saturated heterocycles. The maximum atomic E-state index is 13.1. The number of hydrogen-bond acceptors (Lipinski definition) is 1. The Labute approximate surface area is 88.5 Å². The van der Waals surface area contributed by atoms with Crippen LogP contribution in [0.2, 0.25) is 0 Å². The lowest BCUT2D eigenvalue weighted by Crippen LogP contribution is -2.05. The van der Waals surface area contributed by atoms with Gasteiger partial charge in [0, 0.05) is 11.7 Å². The topological polar surface area (TPSA) is 0 Å². The van der Waals surface area contributed by atoms with Gasteiger partial charge in [0.25, 0.3) is 0 Å². The van der Waals surface area contributed by atoms with Crippen LogP contribution < -0.4 is 0 Å². The van der Waals surface area contributed by atoms with E-state index >= 15 is 0 Å². The summed E-state index contributed by atoms with van der Waals surface area (Å²) in [5, 5.41) is 0. The van der Waals surface area contributed by atoms with Crippen LogP contribution in [0.15, 0.2) is 22.4 Å². The van der Waals surface area contributed by atoms with E-state index in [-0.39, 0.29) is 11.7 Å². The van der Waals surface area contributed by atoms with Crippen molar-refractivity contribution in [2.45, 2.75) is 33.4 Å². The molecule has 1 aliphatic rings. The third kappa shape index (κ3) is 3.12. The number of thioether (sulfide) groups is 1. The Morgan fingerprint density at radius 1 is 1.64 bits per heavy atom. The molecule has 2 atom stereocenters. The van der Waals surface area contributed by atoms with Gasteiger partial charge in [-0.05, 0) is 36.8 Å². The first kappa shape index (κ1) is 11.8. The Morgan fingerprint density at radius 2 is 2.29 bits per heavy atom. The second-order valence-corrected chi connectivity index (χ2v) is 4.95. The molecular formula is C11H16F2S. The zero-order valence-corrected chi connectivity index (χ0v) is 9.63. The number of rotatable bonds is 3. The molecule has 14 heavy (non-hydrogen) atoms. The predicted molar refractivity (Wildman–Crippen MR) is 58.7 cm³/mol. The maximum Gasteiger partial charge on any atom is 0.107 e. The second-order valence-electron chi connectivity index (χ2n) is 3.83. The fourth-order valence-electron chi connectivity index (χ4n) is 1.35. The summed E-state index contributed by atoms with van der Waals surface area (Å²) in [6.07, 6.45) is 1.48. The Morgan fingerprint density at radius 3 is 2.86 bits per heavy atom. The molecular weight excluding hydrogens is 202 g/mol. The molecule has 1 rings (SSSR count). The first-order valence-corrected chi connectivity index (χ1v) is 5.83. The van der Waals surface area contributed by atoms with Gasteiger partial charge in [0.1, 0.15) is 12.0 Å². The van der Waals surface area contributed by atoms with Crippen molar-refractivity contribution in [2.24, 2.45) is 5.92 Å². The minimum Gasteiger partial charge on any atom is -0.247 e. The standard InChI is InChI=1S/C11H16F2S/c1-7-5-11(14-6-9(3)12)8(2)4-10(7)13/h4,7,9H,5-6H2,1-3H3. The highest BCUT2D eigenvalue weighted by molar-refractivity contribution is 8.03. The zero-order chi connectivity index (χ0) is 10.7. The van der Waals surface area contributed by atoms with Crippen LogP contribution in [0.5, 0.6) is 0 Å². The Hall–Kier alpha value is -0.310. The van der Waals surface area contributed by atoms with Crippen LogP contribution in [0.4, 0.5) is 8.78 Å². The molecule has 0 heterocycles. The monoisotopic (exact) mass is 218 g/mol. The predicted octanol–water partition coefficient (Wildman–Crippen LogP) is 4.24. The van der Waals surface area contributed by atoms with E-state index in [1.54, 1.807) is 13.0 Å². The number of allylic oxidation sites excluding steroid dienone is 4. The van der Waals surface area contributed by atoms with Crippen LogP contribution >= 0.6 is 11.8 Å². The largest absolute Gasteiger partial charge is 0.247 e. The van der Waals surface area contributed by atoms with Gasteiger partial charge in [0.2, 0.25) is 0 Å². The van der Waals surface area contributed by atoms with Gasteiger partial charge in [-0.3, -0.25) is 0 Å². The molecule has 2 unspecified atom stereocenters. The molecule has 0 nitrogen and oxygen atoms in total. The van der Waals surface area contributed by atoms with Crippen molar-refractivity contribution in [1.82, 2.24) is 0 Å². The average Bonchev–Trinajstić information content (AvgIpc) is 2.09. The van der Waals surface area contributed by atoms with Gasteiger partial charge in [0.15, 0.2) is 0 Å². The van der Waals surface area contributed by atoms with E-state index in [2.05, 4.69) is 0 Å². The summed E-state index contributed by atoms with van der Waals surface area (Å²) in [5.74, 6) is 0.366. The van der Waals surface area contributed by atoms with Crippen molar-refractivity contribution >= 4 is 11.8 Å². The molecule has 0 fully saturated rings. The highest BCUT2D eigenvalue weighted by Crippen LogP contribution is 2.36. The van der Waals surface area contributed by atoms with Crippen LogP contribution in [0, 0.1) is 5.92 Å². The fraction of sp³-hybridized carbons (Fsp3) is 0.636. The SMILES string of the molecule is CC1=C(SCC(C)F)CC(C)C(F)=C1. The van der Waals surface area contributed by atoms with E-state index in [0.29, 0.717) is 12.2 Å². The highest BCUT2D eigenvalue weighted by atomic mass is 32.2. The lowest BCUT2D eigenvalue weighted by Gasteiger charge is -2.19. The Kier molecular flexibility index (Phi) is 4.17. The van der Waals surface area contributed by atoms with Crippen LogP contribution in [-0.4, -0.2) is 11.9 Å². The number of alkyl halides is 1. The van der Waals surface area contributed by atoms with Gasteiger partial charge in [-0.25, -0.2) is 8.78 Å². The van der Waals surface area contributed by atoms with E-state index in [9.17, 15) is 8.78 Å². The van der Waals surface area contributed by atoms with E-state index in [4.69, 9.17) is 0 Å². The molecule has 1 aliphatic carbocycles. The van der Waals surface area contributed by atoms with Gasteiger partial charge in [-0.1, -0.05) is 6.92 Å². The van der Waals surface area contributed by atoms with Crippen molar-refractivity contribution in [1.29, 1.82) is 0 Å². The molecule has 0 radical (unpaired) electrons. The van der Waals surface area contributed by atoms with E-state index in [0.717, 1.165) is 10.5 Å². The highest BCUT2D eigenvalue weighted by Gasteiger charge is 2.18. The number of halogens is 2. The lowest BCUT2D eigenvalue weighted by atomic mass is 9.98. The minimum atomic E-state index is -0.800. The van der Waals surface area contributed by atoms with Gasteiger partial charge in [-0.2, -0.15) is 0 Å². The molecule has 0 aliphatic heterocycles. The normalized spacial score (nSPS) is 24.9. The van der Waals surface area contributed by atoms with Crippen molar-refractivity contribution in [2.75, 3.05) is 5.75 Å². The molecule has 3 heteroatoms. The molecule has 80 valence electrons. The molecule has 0 aromatic carbocycles. The van der Waals surface area contributed by atoms with Gasteiger partial charge in [-0.15, -0.1) is 11.8 Å². The second kappa shape index (κ2) is 4.96. The lowest BCUT2D eigenvalue weighted by molar-refractivity contribution is 0.398. The molecule has 0 aromatic heterocycles. The van der Waals surface area contributed by atoms with E-state index in [1.165, 1.54) is 11.8 Å². The molecule has 0 aromatic rings. The maximum absolute atomic E-state index is 13.1. The van der Waals surface area contributed by atoms with Crippen LogP contribution in [0.1, 0.15) is 27.2 Å². The Balaban J connectivity index is 2.63. The fourth-order valence-corrected chi connectivity index (χ4v) is 2.44. The van der Waals surface area contributed by atoms with Crippen molar-refractivity contribution in [3.63, 3.8) is 0 Å².